The first-order valence-corrected chi connectivity index (χ1v) is 9.34. The van der Waals surface area contributed by atoms with Gasteiger partial charge in [-0.1, -0.05) is 0 Å². The van der Waals surface area contributed by atoms with Crippen molar-refractivity contribution in [1.82, 2.24) is 24.1 Å². The maximum absolute atomic E-state index is 12.8. The molecule has 24 heavy (non-hydrogen) atoms. The van der Waals surface area contributed by atoms with E-state index in [-0.39, 0.29) is 29.4 Å². The molecule has 8 nitrogen and oxygen atoms in total. The molecule has 136 valence electrons. The average molecular weight is 378 g/mol. The van der Waals surface area contributed by atoms with E-state index in [0.29, 0.717) is 32.0 Å². The first-order chi connectivity index (χ1) is 10.9. The number of sulfonamides is 1. The van der Waals surface area contributed by atoms with E-state index in [4.69, 9.17) is 0 Å². The molecule has 1 aromatic rings. The Kier molecular flexibility index (Phi) is 5.90. The Bertz CT molecular complexity index is 686. The Morgan fingerprint density at radius 3 is 2.71 bits per heavy atom. The van der Waals surface area contributed by atoms with Crippen molar-refractivity contribution in [2.45, 2.75) is 30.8 Å². The van der Waals surface area contributed by atoms with Crippen LogP contribution in [0.25, 0.3) is 0 Å². The lowest BCUT2D eigenvalue weighted by molar-refractivity contribution is -0.135. The van der Waals surface area contributed by atoms with E-state index < -0.39 is 10.0 Å². The van der Waals surface area contributed by atoms with Crippen LogP contribution in [0.5, 0.6) is 0 Å². The van der Waals surface area contributed by atoms with Crippen molar-refractivity contribution in [2.75, 3.05) is 32.7 Å². The Morgan fingerprint density at radius 2 is 2.08 bits per heavy atom. The third-order valence-corrected chi connectivity index (χ3v) is 6.35. The summed E-state index contributed by atoms with van der Waals surface area (Å²) < 4.78 is 28.8. The molecule has 1 N–H and O–H groups in total. The monoisotopic (exact) mass is 377 g/mol. The summed E-state index contributed by atoms with van der Waals surface area (Å²) in [5.74, 6) is 0.712. The highest BCUT2D eigenvalue weighted by Crippen LogP contribution is 2.23. The summed E-state index contributed by atoms with van der Waals surface area (Å²) in [4.78, 5) is 18.0. The average Bonchev–Trinajstić information content (AvgIpc) is 2.88. The van der Waals surface area contributed by atoms with Crippen molar-refractivity contribution in [3.8, 4) is 0 Å². The maximum Gasteiger partial charge on any atom is 0.262 e. The van der Waals surface area contributed by atoms with Gasteiger partial charge in [0, 0.05) is 45.5 Å². The van der Waals surface area contributed by atoms with Crippen LogP contribution in [0, 0.1) is 6.92 Å². The van der Waals surface area contributed by atoms with E-state index in [1.54, 1.807) is 24.7 Å². The van der Waals surface area contributed by atoms with Crippen LogP contribution in [0.3, 0.4) is 0 Å². The maximum atomic E-state index is 12.8. The SMILES string of the molecule is Cc1nc(S(=O)(=O)N2CCCC(N3CCNCC3=O)C2)cn1C.Cl. The van der Waals surface area contributed by atoms with Gasteiger partial charge in [-0.05, 0) is 19.8 Å². The van der Waals surface area contributed by atoms with Gasteiger partial charge in [0.25, 0.3) is 10.0 Å². The molecule has 2 fully saturated rings. The number of imidazole rings is 1. The molecule has 3 rings (SSSR count). The highest BCUT2D eigenvalue weighted by atomic mass is 35.5. The number of nitrogens with zero attached hydrogens (tertiary/aromatic N) is 4. The second-order valence-corrected chi connectivity index (χ2v) is 8.05. The largest absolute Gasteiger partial charge is 0.337 e. The molecule has 2 saturated heterocycles. The van der Waals surface area contributed by atoms with Gasteiger partial charge in [0.05, 0.1) is 6.54 Å². The number of carbonyl (C=O) groups excluding carboxylic acids is 1. The zero-order chi connectivity index (χ0) is 16.6. The number of aryl methyl sites for hydroxylation is 2. The fourth-order valence-corrected chi connectivity index (χ4v) is 4.72. The molecular formula is C14H24ClN5O3S. The Labute approximate surface area is 148 Å². The van der Waals surface area contributed by atoms with Gasteiger partial charge in [0.15, 0.2) is 5.03 Å². The quantitative estimate of drug-likeness (QED) is 0.783. The van der Waals surface area contributed by atoms with Crippen molar-refractivity contribution in [3.05, 3.63) is 12.0 Å². The second kappa shape index (κ2) is 7.38. The number of piperazine rings is 1. The molecule has 2 aliphatic rings. The van der Waals surface area contributed by atoms with Gasteiger partial charge < -0.3 is 14.8 Å². The highest BCUT2D eigenvalue weighted by Gasteiger charge is 2.36. The van der Waals surface area contributed by atoms with Gasteiger partial charge in [-0.2, -0.15) is 4.31 Å². The molecule has 0 spiro atoms. The van der Waals surface area contributed by atoms with Crippen molar-refractivity contribution in [1.29, 1.82) is 0 Å². The number of aromatic nitrogens is 2. The van der Waals surface area contributed by atoms with Crippen LogP contribution in [0.4, 0.5) is 0 Å². The molecule has 10 heteroatoms. The predicted octanol–water partition coefficient (Wildman–Crippen LogP) is -0.265. The number of hydrogen-bond donors (Lipinski definition) is 1. The molecule has 1 amide bonds. The first kappa shape index (κ1) is 19.2. The topological polar surface area (TPSA) is 87.5 Å². The lowest BCUT2D eigenvalue weighted by Gasteiger charge is -2.40. The van der Waals surface area contributed by atoms with Crippen LogP contribution >= 0.6 is 12.4 Å². The van der Waals surface area contributed by atoms with E-state index in [2.05, 4.69) is 10.3 Å². The zero-order valence-electron chi connectivity index (χ0n) is 13.9. The van der Waals surface area contributed by atoms with Crippen molar-refractivity contribution >= 4 is 28.3 Å². The molecule has 1 aromatic heterocycles. The Hall–Kier alpha value is -1.16. The van der Waals surface area contributed by atoms with Gasteiger partial charge in [-0.15, -0.1) is 12.4 Å². The fraction of sp³-hybridized carbons (Fsp3) is 0.714. The molecule has 0 aliphatic carbocycles. The minimum absolute atomic E-state index is 0. The summed E-state index contributed by atoms with van der Waals surface area (Å²) in [6, 6.07) is -0.0436. The van der Waals surface area contributed by atoms with Crippen LogP contribution in [-0.4, -0.2) is 71.8 Å². The minimum Gasteiger partial charge on any atom is -0.337 e. The van der Waals surface area contributed by atoms with Crippen LogP contribution in [0.1, 0.15) is 18.7 Å². The lowest BCUT2D eigenvalue weighted by atomic mass is 10.1. The number of piperidine rings is 1. The number of nitrogens with one attached hydrogen (secondary N) is 1. The van der Waals surface area contributed by atoms with Crippen LogP contribution in [-0.2, 0) is 21.9 Å². The molecule has 1 unspecified atom stereocenters. The molecule has 0 saturated carbocycles. The van der Waals surface area contributed by atoms with Crippen LogP contribution < -0.4 is 5.32 Å². The van der Waals surface area contributed by atoms with Gasteiger partial charge in [-0.25, -0.2) is 13.4 Å². The lowest BCUT2D eigenvalue weighted by Crippen LogP contribution is -2.57. The Balaban J connectivity index is 0.00000208. The Morgan fingerprint density at radius 1 is 1.33 bits per heavy atom. The summed E-state index contributed by atoms with van der Waals surface area (Å²) in [5.41, 5.74) is 0. The van der Waals surface area contributed by atoms with Crippen LogP contribution in [0.2, 0.25) is 0 Å². The molecule has 2 aliphatic heterocycles. The van der Waals surface area contributed by atoms with Crippen molar-refractivity contribution < 1.29 is 13.2 Å². The molecule has 3 heterocycles. The van der Waals surface area contributed by atoms with Gasteiger partial charge in [0.1, 0.15) is 5.82 Å². The van der Waals surface area contributed by atoms with E-state index in [9.17, 15) is 13.2 Å². The summed E-state index contributed by atoms with van der Waals surface area (Å²) in [6.07, 6.45) is 3.15. The fourth-order valence-electron chi connectivity index (χ4n) is 3.18. The summed E-state index contributed by atoms with van der Waals surface area (Å²) in [6.45, 7) is 4.34. The van der Waals surface area contributed by atoms with E-state index in [1.807, 2.05) is 4.90 Å². The summed E-state index contributed by atoms with van der Waals surface area (Å²) in [5, 5.41) is 3.13. The summed E-state index contributed by atoms with van der Waals surface area (Å²) in [7, 11) is -1.83. The van der Waals surface area contributed by atoms with Gasteiger partial charge in [-0.3, -0.25) is 4.79 Å². The van der Waals surface area contributed by atoms with Crippen LogP contribution in [0.15, 0.2) is 11.2 Å². The van der Waals surface area contributed by atoms with Crippen molar-refractivity contribution in [3.63, 3.8) is 0 Å². The van der Waals surface area contributed by atoms with Gasteiger partial charge in [0.2, 0.25) is 5.91 Å². The minimum atomic E-state index is -3.60. The van der Waals surface area contributed by atoms with E-state index in [0.717, 1.165) is 19.4 Å². The number of amides is 1. The molecular weight excluding hydrogens is 354 g/mol. The standard InChI is InChI=1S/C14H23N5O3S.ClH/c1-11-16-13(10-17(11)2)23(21,22)18-6-3-4-12(9-18)19-7-5-15-8-14(19)20;/h10,12,15H,3-9H2,1-2H3;1H. The smallest absolute Gasteiger partial charge is 0.262 e. The predicted molar refractivity (Wildman–Crippen MR) is 91.6 cm³/mol. The third kappa shape index (κ3) is 3.58. The van der Waals surface area contributed by atoms with E-state index >= 15 is 0 Å². The number of hydrogen-bond acceptors (Lipinski definition) is 5. The highest BCUT2D eigenvalue weighted by molar-refractivity contribution is 7.89. The van der Waals surface area contributed by atoms with Gasteiger partial charge >= 0.3 is 0 Å². The normalized spacial score (nSPS) is 23.2. The zero-order valence-corrected chi connectivity index (χ0v) is 15.6. The number of halogens is 1. The number of rotatable bonds is 3. The summed E-state index contributed by atoms with van der Waals surface area (Å²) >= 11 is 0. The molecule has 0 bridgehead atoms. The molecule has 0 radical (unpaired) electrons. The third-order valence-electron chi connectivity index (χ3n) is 4.62. The van der Waals surface area contributed by atoms with E-state index in [1.165, 1.54) is 4.31 Å². The van der Waals surface area contributed by atoms with Crippen molar-refractivity contribution in [2.24, 2.45) is 7.05 Å². The number of carbonyl (C=O) groups is 1. The second-order valence-electron chi connectivity index (χ2n) is 6.16. The molecule has 1 atom stereocenters. The molecule has 0 aromatic carbocycles. The first-order valence-electron chi connectivity index (χ1n) is 7.90.